The second-order valence-corrected chi connectivity index (χ2v) is 4.87. The maximum atomic E-state index is 11.3. The Morgan fingerprint density at radius 2 is 2.33 bits per heavy atom. The summed E-state index contributed by atoms with van der Waals surface area (Å²) in [4.78, 5) is 15.9. The Morgan fingerprint density at radius 3 is 2.94 bits per heavy atom. The van der Waals surface area contributed by atoms with Crippen LogP contribution in [0, 0.1) is 6.92 Å². The van der Waals surface area contributed by atoms with Crippen molar-refractivity contribution < 1.29 is 13.9 Å². The number of nitrogens with zero attached hydrogens (tertiary/aromatic N) is 1. The van der Waals surface area contributed by atoms with Crippen LogP contribution in [-0.4, -0.2) is 18.1 Å². The molecule has 0 amide bonds. The van der Waals surface area contributed by atoms with Gasteiger partial charge in [0.1, 0.15) is 16.4 Å². The molecule has 6 heteroatoms. The van der Waals surface area contributed by atoms with Gasteiger partial charge in [0, 0.05) is 0 Å². The Morgan fingerprint density at radius 1 is 1.56 bits per heavy atom. The number of hydrogen-bond donors (Lipinski definition) is 1. The first-order valence-corrected chi connectivity index (χ1v) is 6.29. The van der Waals surface area contributed by atoms with Crippen LogP contribution in [0.4, 0.5) is 5.13 Å². The van der Waals surface area contributed by atoms with Gasteiger partial charge in [0.05, 0.1) is 19.3 Å². The van der Waals surface area contributed by atoms with Crippen molar-refractivity contribution in [2.45, 2.75) is 19.9 Å². The molecule has 0 fully saturated rings. The minimum absolute atomic E-state index is 0.00431. The highest BCUT2D eigenvalue weighted by Crippen LogP contribution is 2.25. The van der Waals surface area contributed by atoms with Crippen molar-refractivity contribution in [1.82, 2.24) is 4.98 Å². The van der Waals surface area contributed by atoms with Gasteiger partial charge >= 0.3 is 5.97 Å². The lowest BCUT2D eigenvalue weighted by atomic mass is 10.2. The van der Waals surface area contributed by atoms with Crippen LogP contribution in [0.2, 0.25) is 0 Å². The Balaban J connectivity index is 2.05. The van der Waals surface area contributed by atoms with E-state index in [-0.39, 0.29) is 12.0 Å². The number of methoxy groups -OCH3 is 1. The number of furan rings is 1. The van der Waals surface area contributed by atoms with E-state index in [2.05, 4.69) is 15.0 Å². The molecule has 1 atom stereocenters. The third kappa shape index (κ3) is 2.70. The number of carbonyl (C=O) groups is 1. The summed E-state index contributed by atoms with van der Waals surface area (Å²) in [5.41, 5.74) is 0. The van der Waals surface area contributed by atoms with E-state index in [0.717, 1.165) is 11.5 Å². The zero-order valence-electron chi connectivity index (χ0n) is 10.4. The van der Waals surface area contributed by atoms with Crippen LogP contribution in [0.25, 0.3) is 0 Å². The van der Waals surface area contributed by atoms with Crippen molar-refractivity contribution >= 4 is 22.4 Å². The third-order valence-electron chi connectivity index (χ3n) is 2.42. The molecule has 2 aromatic rings. The first kappa shape index (κ1) is 12.6. The van der Waals surface area contributed by atoms with Crippen LogP contribution < -0.4 is 5.32 Å². The highest BCUT2D eigenvalue weighted by Gasteiger charge is 2.14. The van der Waals surface area contributed by atoms with E-state index in [1.54, 1.807) is 0 Å². The number of rotatable bonds is 4. The van der Waals surface area contributed by atoms with Gasteiger partial charge in [0.25, 0.3) is 0 Å². The maximum Gasteiger partial charge on any atom is 0.349 e. The standard InChI is InChI=1S/C12H14N2O3S/c1-7-4-5-9(17-7)8(2)14-12-13-6-10(18-12)11(15)16-3/h4-6,8H,1-3H3,(H,13,14). The van der Waals surface area contributed by atoms with Gasteiger partial charge in [0.2, 0.25) is 0 Å². The van der Waals surface area contributed by atoms with Gasteiger partial charge in [-0.1, -0.05) is 11.3 Å². The maximum absolute atomic E-state index is 11.3. The number of esters is 1. The average Bonchev–Trinajstić information content (AvgIpc) is 2.97. The summed E-state index contributed by atoms with van der Waals surface area (Å²) in [7, 11) is 1.35. The summed E-state index contributed by atoms with van der Waals surface area (Å²) < 4.78 is 10.1. The van der Waals surface area contributed by atoms with E-state index >= 15 is 0 Å². The van der Waals surface area contributed by atoms with Crippen molar-refractivity contribution in [3.8, 4) is 0 Å². The summed E-state index contributed by atoms with van der Waals surface area (Å²) in [5.74, 6) is 1.33. The largest absolute Gasteiger partial charge is 0.465 e. The summed E-state index contributed by atoms with van der Waals surface area (Å²) in [6.45, 7) is 3.87. The quantitative estimate of drug-likeness (QED) is 0.862. The van der Waals surface area contributed by atoms with Gasteiger partial charge in [-0.25, -0.2) is 9.78 Å². The number of thiazole rings is 1. The Hall–Kier alpha value is -1.82. The lowest BCUT2D eigenvalue weighted by molar-refractivity contribution is 0.0606. The molecule has 1 unspecified atom stereocenters. The van der Waals surface area contributed by atoms with Crippen LogP contribution in [-0.2, 0) is 4.74 Å². The third-order valence-corrected chi connectivity index (χ3v) is 3.33. The van der Waals surface area contributed by atoms with Crippen molar-refractivity contribution in [2.75, 3.05) is 12.4 Å². The molecule has 0 bridgehead atoms. The highest BCUT2D eigenvalue weighted by atomic mass is 32.1. The summed E-state index contributed by atoms with van der Waals surface area (Å²) in [5, 5.41) is 3.84. The van der Waals surface area contributed by atoms with E-state index in [1.807, 2.05) is 26.0 Å². The molecule has 0 aromatic carbocycles. The lowest BCUT2D eigenvalue weighted by Gasteiger charge is -2.09. The molecule has 2 rings (SSSR count). The molecule has 0 radical (unpaired) electrons. The summed E-state index contributed by atoms with van der Waals surface area (Å²) in [6, 6.07) is 3.83. The molecule has 2 heterocycles. The number of aromatic nitrogens is 1. The number of carbonyl (C=O) groups excluding carboxylic acids is 1. The van der Waals surface area contributed by atoms with Crippen molar-refractivity contribution in [3.63, 3.8) is 0 Å². The number of nitrogens with one attached hydrogen (secondary N) is 1. The molecule has 18 heavy (non-hydrogen) atoms. The predicted octanol–water partition coefficient (Wildman–Crippen LogP) is 3.00. The monoisotopic (exact) mass is 266 g/mol. The molecular formula is C12H14N2O3S. The Bertz CT molecular complexity index is 547. The van der Waals surface area contributed by atoms with Gasteiger partial charge in [-0.05, 0) is 26.0 Å². The molecule has 1 N–H and O–H groups in total. The first-order chi connectivity index (χ1) is 8.60. The smallest absolute Gasteiger partial charge is 0.349 e. The van der Waals surface area contributed by atoms with E-state index in [0.29, 0.717) is 10.0 Å². The lowest BCUT2D eigenvalue weighted by Crippen LogP contribution is -2.04. The van der Waals surface area contributed by atoms with Gasteiger partial charge in [-0.2, -0.15) is 0 Å². The minimum atomic E-state index is -0.373. The van der Waals surface area contributed by atoms with Crippen molar-refractivity contribution in [2.24, 2.45) is 0 Å². The highest BCUT2D eigenvalue weighted by molar-refractivity contribution is 7.17. The van der Waals surface area contributed by atoms with Crippen LogP contribution >= 0.6 is 11.3 Å². The van der Waals surface area contributed by atoms with Crippen LogP contribution in [0.15, 0.2) is 22.7 Å². The van der Waals surface area contributed by atoms with E-state index < -0.39 is 0 Å². The normalized spacial score (nSPS) is 12.2. The number of hydrogen-bond acceptors (Lipinski definition) is 6. The zero-order chi connectivity index (χ0) is 13.1. The SMILES string of the molecule is COC(=O)c1cnc(NC(C)c2ccc(C)o2)s1. The average molecular weight is 266 g/mol. The second-order valence-electron chi connectivity index (χ2n) is 3.84. The fourth-order valence-corrected chi connectivity index (χ4v) is 2.30. The van der Waals surface area contributed by atoms with Crippen molar-refractivity contribution in [3.05, 3.63) is 34.7 Å². The van der Waals surface area contributed by atoms with Gasteiger partial charge in [-0.3, -0.25) is 0 Å². The Labute approximate surface area is 109 Å². The molecule has 0 saturated heterocycles. The van der Waals surface area contributed by atoms with Crippen molar-refractivity contribution in [1.29, 1.82) is 0 Å². The van der Waals surface area contributed by atoms with Gasteiger partial charge in [0.15, 0.2) is 5.13 Å². The summed E-state index contributed by atoms with van der Waals surface area (Å²) >= 11 is 1.26. The minimum Gasteiger partial charge on any atom is -0.465 e. The molecule has 0 spiro atoms. The van der Waals surface area contributed by atoms with Crippen LogP contribution in [0.3, 0.4) is 0 Å². The second kappa shape index (κ2) is 5.22. The number of anilines is 1. The van der Waals surface area contributed by atoms with E-state index in [9.17, 15) is 4.79 Å². The van der Waals surface area contributed by atoms with Crippen LogP contribution in [0.5, 0.6) is 0 Å². The fraction of sp³-hybridized carbons (Fsp3) is 0.333. The Kier molecular flexibility index (Phi) is 3.66. The molecule has 0 saturated carbocycles. The molecule has 0 aliphatic carbocycles. The van der Waals surface area contributed by atoms with Gasteiger partial charge in [-0.15, -0.1) is 0 Å². The fourth-order valence-electron chi connectivity index (χ4n) is 1.48. The molecule has 96 valence electrons. The predicted molar refractivity (Wildman–Crippen MR) is 68.9 cm³/mol. The van der Waals surface area contributed by atoms with E-state index in [4.69, 9.17) is 4.42 Å². The van der Waals surface area contributed by atoms with Gasteiger partial charge < -0.3 is 14.5 Å². The topological polar surface area (TPSA) is 64.4 Å². The van der Waals surface area contributed by atoms with Crippen LogP contribution in [0.1, 0.15) is 34.2 Å². The summed E-state index contributed by atoms with van der Waals surface area (Å²) in [6.07, 6.45) is 1.50. The molecule has 5 nitrogen and oxygen atoms in total. The molecule has 0 aliphatic rings. The number of aryl methyl sites for hydroxylation is 1. The zero-order valence-corrected chi connectivity index (χ0v) is 11.2. The number of ether oxygens (including phenoxy) is 1. The molecule has 0 aliphatic heterocycles. The molecule has 2 aromatic heterocycles. The molecular weight excluding hydrogens is 252 g/mol. The first-order valence-electron chi connectivity index (χ1n) is 5.47. The van der Waals surface area contributed by atoms with E-state index in [1.165, 1.54) is 24.6 Å².